The lowest BCUT2D eigenvalue weighted by atomic mass is 9.97. The van der Waals surface area contributed by atoms with Gasteiger partial charge in [-0.05, 0) is 0 Å². The molecule has 7 heteroatoms. The molecular weight excluding hydrogens is 233 g/mol. The van der Waals surface area contributed by atoms with E-state index in [1.807, 2.05) is 0 Å². The molecule has 0 bridgehead atoms. The van der Waals surface area contributed by atoms with Crippen molar-refractivity contribution in [2.45, 2.75) is 5.92 Å². The summed E-state index contributed by atoms with van der Waals surface area (Å²) in [5, 5.41) is 27.7. The summed E-state index contributed by atoms with van der Waals surface area (Å²) < 4.78 is 18.4. The van der Waals surface area contributed by atoms with E-state index in [-0.39, 0.29) is 5.75 Å². The lowest BCUT2D eigenvalue weighted by Crippen LogP contribution is -2.22. The van der Waals surface area contributed by atoms with Crippen LogP contribution in [0.4, 0.5) is 4.39 Å². The Kier molecular flexibility index (Phi) is 3.74. The number of carboxylic acids is 1. The molecule has 0 aliphatic rings. The van der Waals surface area contributed by atoms with Crippen LogP contribution >= 0.6 is 0 Å². The van der Waals surface area contributed by atoms with Crippen LogP contribution in [-0.4, -0.2) is 34.9 Å². The summed E-state index contributed by atoms with van der Waals surface area (Å²) >= 11 is 0. The quantitative estimate of drug-likeness (QED) is 0.570. The summed E-state index contributed by atoms with van der Waals surface area (Å²) in [5.41, 5.74) is 4.62. The smallest absolute Gasteiger partial charge is 0.312 e. The maximum absolute atomic E-state index is 13.8. The summed E-state index contributed by atoms with van der Waals surface area (Å²) in [6, 6.07) is 0.851. The molecule has 1 unspecified atom stereocenters. The minimum Gasteiger partial charge on any atom is -0.504 e. The maximum atomic E-state index is 13.8. The highest BCUT2D eigenvalue weighted by molar-refractivity contribution is 5.78. The number of benzene rings is 1. The number of nitrogens with two attached hydrogens (primary N) is 1. The standard InChI is InChI=1S/C10H12FNO5/c1-17-6-2-5(13)9(14)7(8(6)11)4(3-12)10(15)16/h2,4,13-14H,3,12H2,1H3,(H,15,16). The van der Waals surface area contributed by atoms with Crippen molar-refractivity contribution in [1.29, 1.82) is 0 Å². The Labute approximate surface area is 96.1 Å². The summed E-state index contributed by atoms with van der Waals surface area (Å²) in [6.45, 7) is -0.424. The van der Waals surface area contributed by atoms with Gasteiger partial charge in [0.15, 0.2) is 23.1 Å². The normalized spacial score (nSPS) is 12.2. The molecule has 0 aromatic heterocycles. The zero-order valence-corrected chi connectivity index (χ0v) is 8.98. The predicted molar refractivity (Wildman–Crippen MR) is 55.7 cm³/mol. The molecule has 0 aliphatic heterocycles. The summed E-state index contributed by atoms with van der Waals surface area (Å²) in [5.74, 6) is -5.81. The number of methoxy groups -OCH3 is 1. The van der Waals surface area contributed by atoms with Crippen LogP contribution < -0.4 is 10.5 Å². The average molecular weight is 245 g/mol. The Balaban J connectivity index is 3.49. The molecule has 0 spiro atoms. The Morgan fingerprint density at radius 2 is 2.18 bits per heavy atom. The number of aromatic hydroxyl groups is 2. The van der Waals surface area contributed by atoms with E-state index in [1.165, 1.54) is 0 Å². The molecule has 0 amide bonds. The van der Waals surface area contributed by atoms with Crippen LogP contribution in [0.25, 0.3) is 0 Å². The lowest BCUT2D eigenvalue weighted by Gasteiger charge is -2.15. The van der Waals surface area contributed by atoms with Crippen LogP contribution in [0, 0.1) is 5.82 Å². The first-order chi connectivity index (χ1) is 7.93. The second-order valence-electron chi connectivity index (χ2n) is 3.30. The number of carbonyl (C=O) groups is 1. The van der Waals surface area contributed by atoms with Gasteiger partial charge >= 0.3 is 5.97 Å². The van der Waals surface area contributed by atoms with Crippen molar-refractivity contribution in [3.05, 3.63) is 17.4 Å². The number of hydrogen-bond donors (Lipinski definition) is 4. The second-order valence-corrected chi connectivity index (χ2v) is 3.30. The van der Waals surface area contributed by atoms with E-state index in [2.05, 4.69) is 4.74 Å². The number of hydrogen-bond acceptors (Lipinski definition) is 5. The minimum atomic E-state index is -1.46. The highest BCUT2D eigenvalue weighted by Crippen LogP contribution is 2.40. The predicted octanol–water partition coefficient (Wildman–Crippen LogP) is 0.372. The fraction of sp³-hybridized carbons (Fsp3) is 0.300. The van der Waals surface area contributed by atoms with E-state index in [0.29, 0.717) is 0 Å². The molecular formula is C10H12FNO5. The van der Waals surface area contributed by atoms with Gasteiger partial charge in [-0.3, -0.25) is 4.79 Å². The Bertz CT molecular complexity index is 449. The summed E-state index contributed by atoms with van der Waals surface area (Å²) in [7, 11) is 1.15. The number of phenolic OH excluding ortho intramolecular Hbond substituents is 2. The molecule has 1 atom stereocenters. The van der Waals surface area contributed by atoms with Crippen LogP contribution in [0.3, 0.4) is 0 Å². The molecule has 0 radical (unpaired) electrons. The SMILES string of the molecule is COc1cc(O)c(O)c(C(CN)C(=O)O)c1F. The van der Waals surface area contributed by atoms with Crippen LogP contribution in [0.5, 0.6) is 17.2 Å². The van der Waals surface area contributed by atoms with Gasteiger partial charge in [-0.1, -0.05) is 0 Å². The molecule has 17 heavy (non-hydrogen) atoms. The van der Waals surface area contributed by atoms with Crippen molar-refractivity contribution >= 4 is 5.97 Å². The minimum absolute atomic E-state index is 0.366. The first-order valence-corrected chi connectivity index (χ1v) is 4.65. The molecule has 1 aromatic carbocycles. The third-order valence-electron chi connectivity index (χ3n) is 2.32. The van der Waals surface area contributed by atoms with Crippen molar-refractivity contribution in [2.75, 3.05) is 13.7 Å². The monoisotopic (exact) mass is 245 g/mol. The first-order valence-electron chi connectivity index (χ1n) is 4.65. The van der Waals surface area contributed by atoms with E-state index in [0.717, 1.165) is 13.2 Å². The summed E-state index contributed by atoms with van der Waals surface area (Å²) in [4.78, 5) is 10.9. The zero-order valence-electron chi connectivity index (χ0n) is 8.98. The fourth-order valence-electron chi connectivity index (χ4n) is 1.44. The molecule has 94 valence electrons. The number of aliphatic carboxylic acids is 1. The topological polar surface area (TPSA) is 113 Å². The van der Waals surface area contributed by atoms with Crippen molar-refractivity contribution in [1.82, 2.24) is 0 Å². The number of ether oxygens (including phenoxy) is 1. The Hall–Kier alpha value is -2.02. The van der Waals surface area contributed by atoms with Crippen LogP contribution in [-0.2, 0) is 4.79 Å². The van der Waals surface area contributed by atoms with Crippen molar-refractivity contribution in [2.24, 2.45) is 5.73 Å². The molecule has 0 saturated heterocycles. The average Bonchev–Trinajstić information content (AvgIpc) is 2.28. The Morgan fingerprint density at radius 3 is 2.59 bits per heavy atom. The van der Waals surface area contributed by atoms with Crippen molar-refractivity contribution in [3.63, 3.8) is 0 Å². The molecule has 1 rings (SSSR count). The van der Waals surface area contributed by atoms with Crippen molar-refractivity contribution in [3.8, 4) is 17.2 Å². The van der Waals surface area contributed by atoms with Gasteiger partial charge in [-0.15, -0.1) is 0 Å². The van der Waals surface area contributed by atoms with Crippen molar-refractivity contribution < 1.29 is 29.2 Å². The molecule has 1 aromatic rings. The fourth-order valence-corrected chi connectivity index (χ4v) is 1.44. The van der Waals surface area contributed by atoms with Gasteiger partial charge in [0.2, 0.25) is 0 Å². The van der Waals surface area contributed by atoms with Gasteiger partial charge in [0.25, 0.3) is 0 Å². The summed E-state index contributed by atoms with van der Waals surface area (Å²) in [6.07, 6.45) is 0. The van der Waals surface area contributed by atoms with Gasteiger partial charge in [0.1, 0.15) is 5.92 Å². The molecule has 6 nitrogen and oxygen atoms in total. The number of halogens is 1. The third-order valence-corrected chi connectivity index (χ3v) is 2.32. The van der Waals surface area contributed by atoms with Gasteiger partial charge < -0.3 is 25.8 Å². The zero-order chi connectivity index (χ0) is 13.2. The molecule has 0 fully saturated rings. The third kappa shape index (κ3) is 2.23. The van der Waals surface area contributed by atoms with Gasteiger partial charge in [-0.2, -0.15) is 0 Å². The highest BCUT2D eigenvalue weighted by atomic mass is 19.1. The van der Waals surface area contributed by atoms with Crippen LogP contribution in [0.2, 0.25) is 0 Å². The number of phenols is 2. The Morgan fingerprint density at radius 1 is 1.59 bits per heavy atom. The maximum Gasteiger partial charge on any atom is 0.312 e. The molecule has 0 saturated carbocycles. The highest BCUT2D eigenvalue weighted by Gasteiger charge is 2.29. The number of carboxylic acid groups (broad SMARTS) is 1. The van der Waals surface area contributed by atoms with E-state index in [1.54, 1.807) is 0 Å². The van der Waals surface area contributed by atoms with Gasteiger partial charge in [-0.25, -0.2) is 4.39 Å². The largest absolute Gasteiger partial charge is 0.504 e. The van der Waals surface area contributed by atoms with E-state index in [4.69, 9.17) is 10.8 Å². The molecule has 0 aliphatic carbocycles. The van der Waals surface area contributed by atoms with Gasteiger partial charge in [0.05, 0.1) is 12.7 Å². The number of rotatable bonds is 4. The second kappa shape index (κ2) is 4.88. The van der Waals surface area contributed by atoms with E-state index in [9.17, 15) is 19.4 Å². The van der Waals surface area contributed by atoms with E-state index >= 15 is 0 Å². The molecule has 0 heterocycles. The van der Waals surface area contributed by atoms with Gasteiger partial charge in [0, 0.05) is 12.6 Å². The van der Waals surface area contributed by atoms with Crippen LogP contribution in [0.1, 0.15) is 11.5 Å². The molecule has 5 N–H and O–H groups in total. The van der Waals surface area contributed by atoms with Crippen LogP contribution in [0.15, 0.2) is 6.07 Å². The van der Waals surface area contributed by atoms with E-state index < -0.39 is 41.3 Å². The first kappa shape index (κ1) is 13.0. The lowest BCUT2D eigenvalue weighted by molar-refractivity contribution is -0.138.